The Morgan fingerprint density at radius 1 is 1.09 bits per heavy atom. The highest BCUT2D eigenvalue weighted by Crippen LogP contribution is 2.17. The molecular weight excluding hydrogens is 276 g/mol. The first-order chi connectivity index (χ1) is 10.8. The van der Waals surface area contributed by atoms with Gasteiger partial charge in [0.05, 0.1) is 18.0 Å². The van der Waals surface area contributed by atoms with Gasteiger partial charge in [-0.25, -0.2) is 9.97 Å². The van der Waals surface area contributed by atoms with Crippen LogP contribution in [0.2, 0.25) is 0 Å². The topological polar surface area (TPSA) is 68.5 Å². The lowest BCUT2D eigenvalue weighted by Crippen LogP contribution is -2.04. The van der Waals surface area contributed by atoms with Gasteiger partial charge in [-0.05, 0) is 17.7 Å². The monoisotopic (exact) mass is 290 g/mol. The second-order valence-electron chi connectivity index (χ2n) is 5.10. The lowest BCUT2D eigenvalue weighted by Gasteiger charge is -2.07. The zero-order chi connectivity index (χ0) is 14.9. The number of benzene rings is 1. The van der Waals surface area contributed by atoms with Gasteiger partial charge in [0.2, 0.25) is 5.95 Å². The van der Waals surface area contributed by atoms with Crippen molar-refractivity contribution < 1.29 is 0 Å². The molecule has 108 valence electrons. The van der Waals surface area contributed by atoms with E-state index in [0.29, 0.717) is 18.1 Å². The molecule has 4 rings (SSSR count). The predicted molar refractivity (Wildman–Crippen MR) is 85.4 cm³/mol. The zero-order valence-corrected chi connectivity index (χ0v) is 12.1. The summed E-state index contributed by atoms with van der Waals surface area (Å²) >= 11 is 0. The van der Waals surface area contributed by atoms with E-state index in [1.807, 2.05) is 42.1 Å². The van der Waals surface area contributed by atoms with Crippen LogP contribution in [0.15, 0.2) is 49.1 Å². The summed E-state index contributed by atoms with van der Waals surface area (Å²) in [6.07, 6.45) is 5.34. The van der Waals surface area contributed by atoms with Gasteiger partial charge in [-0.15, -0.1) is 0 Å². The van der Waals surface area contributed by atoms with E-state index in [2.05, 4.69) is 31.3 Å². The fraction of sp³-hybridized carbons (Fsp3) is 0.125. The molecule has 6 heteroatoms. The Balaban J connectivity index is 1.62. The van der Waals surface area contributed by atoms with Crippen LogP contribution in [-0.2, 0) is 13.6 Å². The molecule has 22 heavy (non-hydrogen) atoms. The van der Waals surface area contributed by atoms with Gasteiger partial charge in [-0.2, -0.15) is 4.98 Å². The number of rotatable bonds is 3. The Morgan fingerprint density at radius 2 is 2.00 bits per heavy atom. The Kier molecular flexibility index (Phi) is 2.93. The Hall–Kier alpha value is -3.02. The van der Waals surface area contributed by atoms with E-state index in [1.54, 1.807) is 12.5 Å². The minimum Gasteiger partial charge on any atom is -0.350 e. The van der Waals surface area contributed by atoms with Gasteiger partial charge in [0.15, 0.2) is 5.65 Å². The van der Waals surface area contributed by atoms with Crippen molar-refractivity contribution in [2.75, 3.05) is 5.32 Å². The molecule has 0 aliphatic heterocycles. The van der Waals surface area contributed by atoms with E-state index < -0.39 is 0 Å². The van der Waals surface area contributed by atoms with E-state index in [0.717, 1.165) is 22.0 Å². The smallest absolute Gasteiger partial charge is 0.225 e. The summed E-state index contributed by atoms with van der Waals surface area (Å²) in [5.74, 6) is 0.576. The summed E-state index contributed by atoms with van der Waals surface area (Å²) in [7, 11) is 1.93. The lowest BCUT2D eigenvalue weighted by atomic mass is 10.1. The standard InChI is InChI=1S/C16H14N6/c1-22-10-20-15-14(22)9-19-16(21-15)18-8-11-6-7-17-13-5-3-2-4-12(11)13/h2-7,9-10H,8H2,1H3,(H,18,19,21). The summed E-state index contributed by atoms with van der Waals surface area (Å²) in [4.78, 5) is 17.4. The van der Waals surface area contributed by atoms with Gasteiger partial charge >= 0.3 is 0 Å². The highest BCUT2D eigenvalue weighted by atomic mass is 15.1. The average molecular weight is 290 g/mol. The molecule has 3 heterocycles. The summed E-state index contributed by atoms with van der Waals surface area (Å²) in [5.41, 5.74) is 3.76. The van der Waals surface area contributed by atoms with Crippen LogP contribution in [-0.4, -0.2) is 24.5 Å². The predicted octanol–water partition coefficient (Wildman–Crippen LogP) is 2.52. The second kappa shape index (κ2) is 5.07. The number of pyridine rings is 1. The number of imidazole rings is 1. The molecule has 0 spiro atoms. The molecule has 0 atom stereocenters. The van der Waals surface area contributed by atoms with Crippen molar-refractivity contribution in [3.8, 4) is 0 Å². The van der Waals surface area contributed by atoms with E-state index in [9.17, 15) is 0 Å². The summed E-state index contributed by atoms with van der Waals surface area (Å²) in [6, 6.07) is 10.1. The molecule has 0 saturated heterocycles. The maximum Gasteiger partial charge on any atom is 0.225 e. The van der Waals surface area contributed by atoms with Crippen molar-refractivity contribution in [2.24, 2.45) is 7.05 Å². The first-order valence-corrected chi connectivity index (χ1v) is 7.02. The van der Waals surface area contributed by atoms with Crippen molar-refractivity contribution in [1.82, 2.24) is 24.5 Å². The van der Waals surface area contributed by atoms with Crippen LogP contribution in [0, 0.1) is 0 Å². The average Bonchev–Trinajstić information content (AvgIpc) is 2.93. The van der Waals surface area contributed by atoms with Crippen LogP contribution in [0.3, 0.4) is 0 Å². The molecule has 4 aromatic rings. The molecular formula is C16H14N6. The quantitative estimate of drug-likeness (QED) is 0.628. The largest absolute Gasteiger partial charge is 0.350 e. The van der Waals surface area contributed by atoms with Gasteiger partial charge < -0.3 is 9.88 Å². The van der Waals surface area contributed by atoms with Crippen LogP contribution >= 0.6 is 0 Å². The normalized spacial score (nSPS) is 11.1. The molecule has 0 fully saturated rings. The SMILES string of the molecule is Cn1cnc2nc(NCc3ccnc4ccccc34)ncc21. The number of aromatic nitrogens is 5. The third kappa shape index (κ3) is 2.14. The number of nitrogens with one attached hydrogen (secondary N) is 1. The molecule has 0 aliphatic carbocycles. The van der Waals surface area contributed by atoms with Crippen molar-refractivity contribution in [3.63, 3.8) is 0 Å². The maximum atomic E-state index is 4.42. The van der Waals surface area contributed by atoms with Crippen molar-refractivity contribution in [2.45, 2.75) is 6.54 Å². The number of hydrogen-bond acceptors (Lipinski definition) is 5. The first kappa shape index (κ1) is 12.7. The van der Waals surface area contributed by atoms with Crippen LogP contribution in [0.25, 0.3) is 22.1 Å². The molecule has 0 saturated carbocycles. The van der Waals surface area contributed by atoms with Crippen LogP contribution in [0.1, 0.15) is 5.56 Å². The van der Waals surface area contributed by atoms with Crippen LogP contribution < -0.4 is 5.32 Å². The van der Waals surface area contributed by atoms with Gasteiger partial charge in [-0.1, -0.05) is 18.2 Å². The van der Waals surface area contributed by atoms with Crippen molar-refractivity contribution >= 4 is 28.0 Å². The number of fused-ring (bicyclic) bond motifs is 2. The molecule has 1 aromatic carbocycles. The zero-order valence-electron chi connectivity index (χ0n) is 12.1. The highest BCUT2D eigenvalue weighted by Gasteiger charge is 2.05. The van der Waals surface area contributed by atoms with E-state index in [1.165, 1.54) is 0 Å². The third-order valence-corrected chi connectivity index (χ3v) is 3.66. The Morgan fingerprint density at radius 3 is 2.95 bits per heavy atom. The molecule has 0 unspecified atom stereocenters. The third-order valence-electron chi connectivity index (χ3n) is 3.66. The molecule has 1 N–H and O–H groups in total. The van der Waals surface area contributed by atoms with Crippen LogP contribution in [0.5, 0.6) is 0 Å². The van der Waals surface area contributed by atoms with Crippen molar-refractivity contribution in [1.29, 1.82) is 0 Å². The molecule has 0 radical (unpaired) electrons. The molecule has 0 bridgehead atoms. The Bertz CT molecular complexity index is 954. The lowest BCUT2D eigenvalue weighted by molar-refractivity contribution is 0.944. The second-order valence-corrected chi connectivity index (χ2v) is 5.10. The highest BCUT2D eigenvalue weighted by molar-refractivity contribution is 5.82. The van der Waals surface area contributed by atoms with Crippen molar-refractivity contribution in [3.05, 3.63) is 54.6 Å². The first-order valence-electron chi connectivity index (χ1n) is 7.02. The molecule has 0 amide bonds. The minimum absolute atomic E-state index is 0.576. The van der Waals surface area contributed by atoms with Crippen LogP contribution in [0.4, 0.5) is 5.95 Å². The van der Waals surface area contributed by atoms with Gasteiger partial charge in [0.25, 0.3) is 0 Å². The number of aryl methyl sites for hydroxylation is 1. The summed E-state index contributed by atoms with van der Waals surface area (Å²) in [6.45, 7) is 0.640. The van der Waals surface area contributed by atoms with E-state index >= 15 is 0 Å². The molecule has 3 aromatic heterocycles. The maximum absolute atomic E-state index is 4.42. The fourth-order valence-corrected chi connectivity index (χ4v) is 2.48. The molecule has 6 nitrogen and oxygen atoms in total. The van der Waals surface area contributed by atoms with Gasteiger partial charge in [0, 0.05) is 25.2 Å². The number of hydrogen-bond donors (Lipinski definition) is 1. The fourth-order valence-electron chi connectivity index (χ4n) is 2.48. The van der Waals surface area contributed by atoms with Gasteiger partial charge in [0.1, 0.15) is 5.52 Å². The van der Waals surface area contributed by atoms with E-state index in [4.69, 9.17) is 0 Å². The number of anilines is 1. The molecule has 0 aliphatic rings. The minimum atomic E-state index is 0.576. The Labute approximate surface area is 126 Å². The summed E-state index contributed by atoms with van der Waals surface area (Å²) < 4.78 is 1.90. The number of nitrogens with zero attached hydrogens (tertiary/aromatic N) is 5. The summed E-state index contributed by atoms with van der Waals surface area (Å²) in [5, 5.41) is 4.39. The number of para-hydroxylation sites is 1. The van der Waals surface area contributed by atoms with Gasteiger partial charge in [-0.3, -0.25) is 4.98 Å². The van der Waals surface area contributed by atoms with E-state index in [-0.39, 0.29) is 0 Å².